The topological polar surface area (TPSA) is 92.0 Å². The van der Waals surface area contributed by atoms with E-state index in [0.29, 0.717) is 30.0 Å². The largest absolute Gasteiger partial charge is 0.364 e. The minimum absolute atomic E-state index is 0.0514. The maximum atomic E-state index is 9.19. The first-order valence-corrected chi connectivity index (χ1v) is 8.94. The molecule has 3 rings (SSSR count). The molecule has 3 heterocycles. The van der Waals surface area contributed by atoms with Crippen LogP contribution in [0, 0.1) is 17.9 Å². The van der Waals surface area contributed by atoms with Gasteiger partial charge in [-0.05, 0) is 24.8 Å². The van der Waals surface area contributed by atoms with E-state index >= 15 is 0 Å². The Balaban J connectivity index is 2.08. The number of aromatic nitrogens is 2. The van der Waals surface area contributed by atoms with Gasteiger partial charge in [-0.2, -0.15) is 5.26 Å². The Hall–Kier alpha value is -2.52. The molecule has 0 spiro atoms. The summed E-state index contributed by atoms with van der Waals surface area (Å²) in [7, 11) is 0. The van der Waals surface area contributed by atoms with Crippen LogP contribution in [0.2, 0.25) is 0 Å². The highest BCUT2D eigenvalue weighted by atomic mass is 32.1. The number of nitrogens with one attached hydrogen (secondary N) is 1. The first-order chi connectivity index (χ1) is 11.6. The SMILES string of the molecule is [C-]#[N+]c1c(C[C@H](C)N)sc2c(NCc3cccs3)nc(C#N)nc12. The first kappa shape index (κ1) is 16.3. The molecule has 3 N–H and O–H groups in total. The van der Waals surface area contributed by atoms with Gasteiger partial charge in [-0.15, -0.1) is 22.7 Å². The van der Waals surface area contributed by atoms with E-state index in [9.17, 15) is 5.26 Å². The van der Waals surface area contributed by atoms with Crippen molar-refractivity contribution in [2.75, 3.05) is 5.32 Å². The molecule has 8 heteroatoms. The molecule has 6 nitrogen and oxygen atoms in total. The number of thiophene rings is 2. The fraction of sp³-hybridized carbons (Fsp3) is 0.250. The smallest absolute Gasteiger partial charge is 0.233 e. The van der Waals surface area contributed by atoms with Crippen molar-refractivity contribution in [2.24, 2.45) is 5.73 Å². The number of anilines is 1. The Kier molecular flexibility index (Phi) is 4.72. The van der Waals surface area contributed by atoms with Crippen LogP contribution in [0.15, 0.2) is 17.5 Å². The summed E-state index contributed by atoms with van der Waals surface area (Å²) in [4.78, 5) is 14.2. The fourth-order valence-electron chi connectivity index (χ4n) is 2.31. The molecule has 1 atom stereocenters. The molecule has 0 aliphatic heterocycles. The lowest BCUT2D eigenvalue weighted by molar-refractivity contribution is 0.748. The number of nitrogens with two attached hydrogens (primary N) is 1. The zero-order valence-corrected chi connectivity index (χ0v) is 14.5. The monoisotopic (exact) mass is 354 g/mol. The number of nitriles is 1. The summed E-state index contributed by atoms with van der Waals surface area (Å²) in [6.07, 6.45) is 0.602. The maximum absolute atomic E-state index is 9.19. The van der Waals surface area contributed by atoms with E-state index in [0.717, 1.165) is 14.5 Å². The Morgan fingerprint density at radius 2 is 2.33 bits per heavy atom. The van der Waals surface area contributed by atoms with Gasteiger partial charge >= 0.3 is 0 Å². The Labute approximate surface area is 147 Å². The normalized spacial score (nSPS) is 11.8. The third-order valence-corrected chi connectivity index (χ3v) is 5.38. The Bertz CT molecular complexity index is 944. The molecule has 0 saturated heterocycles. The van der Waals surface area contributed by atoms with Crippen LogP contribution in [-0.4, -0.2) is 16.0 Å². The van der Waals surface area contributed by atoms with Gasteiger partial charge in [0.2, 0.25) is 11.5 Å². The molecule has 0 aromatic carbocycles. The average molecular weight is 354 g/mol. The highest BCUT2D eigenvalue weighted by Crippen LogP contribution is 2.40. The number of nitrogens with zero attached hydrogens (tertiary/aromatic N) is 4. The highest BCUT2D eigenvalue weighted by Gasteiger charge is 2.19. The predicted octanol–water partition coefficient (Wildman–Crippen LogP) is 3.68. The van der Waals surface area contributed by atoms with Crippen LogP contribution in [0.25, 0.3) is 15.1 Å². The molecule has 0 aliphatic carbocycles. The molecule has 0 radical (unpaired) electrons. The molecule has 0 fully saturated rings. The van der Waals surface area contributed by atoms with Crippen LogP contribution in [0.3, 0.4) is 0 Å². The van der Waals surface area contributed by atoms with Crippen LogP contribution in [0.4, 0.5) is 11.5 Å². The second-order valence-electron chi connectivity index (χ2n) is 5.29. The average Bonchev–Trinajstić information content (AvgIpc) is 3.18. The van der Waals surface area contributed by atoms with Crippen molar-refractivity contribution < 1.29 is 0 Å². The summed E-state index contributed by atoms with van der Waals surface area (Å²) in [6.45, 7) is 9.99. The van der Waals surface area contributed by atoms with Crippen LogP contribution < -0.4 is 11.1 Å². The zero-order chi connectivity index (χ0) is 17.1. The van der Waals surface area contributed by atoms with E-state index in [1.54, 1.807) is 11.3 Å². The van der Waals surface area contributed by atoms with E-state index in [1.807, 2.05) is 30.5 Å². The third kappa shape index (κ3) is 3.22. The van der Waals surface area contributed by atoms with Crippen molar-refractivity contribution in [2.45, 2.75) is 25.9 Å². The minimum atomic E-state index is -0.0514. The van der Waals surface area contributed by atoms with Gasteiger partial charge in [-0.3, -0.25) is 0 Å². The van der Waals surface area contributed by atoms with Crippen molar-refractivity contribution in [1.82, 2.24) is 9.97 Å². The summed E-state index contributed by atoms with van der Waals surface area (Å²) in [6, 6.07) is 5.94. The van der Waals surface area contributed by atoms with E-state index in [2.05, 4.69) is 20.1 Å². The van der Waals surface area contributed by atoms with Gasteiger partial charge in [0, 0.05) is 15.8 Å². The second kappa shape index (κ2) is 6.93. The van der Waals surface area contributed by atoms with Gasteiger partial charge in [-0.1, -0.05) is 6.07 Å². The molecular formula is C16H14N6S2. The van der Waals surface area contributed by atoms with Crippen molar-refractivity contribution >= 4 is 44.4 Å². The number of fused-ring (bicyclic) bond motifs is 1. The summed E-state index contributed by atoms with van der Waals surface area (Å²) >= 11 is 3.12. The zero-order valence-electron chi connectivity index (χ0n) is 12.9. The van der Waals surface area contributed by atoms with E-state index in [4.69, 9.17) is 12.3 Å². The van der Waals surface area contributed by atoms with Crippen molar-refractivity contribution in [3.05, 3.63) is 44.5 Å². The van der Waals surface area contributed by atoms with Crippen LogP contribution in [0.5, 0.6) is 0 Å². The lowest BCUT2D eigenvalue weighted by Crippen LogP contribution is -2.16. The summed E-state index contributed by atoms with van der Waals surface area (Å²) in [5.41, 5.74) is 6.90. The second-order valence-corrected chi connectivity index (χ2v) is 7.42. The van der Waals surface area contributed by atoms with Gasteiger partial charge in [0.05, 0.1) is 23.3 Å². The van der Waals surface area contributed by atoms with E-state index < -0.39 is 0 Å². The molecule has 0 aliphatic rings. The summed E-state index contributed by atoms with van der Waals surface area (Å²) in [5.74, 6) is 0.655. The van der Waals surface area contributed by atoms with Gasteiger partial charge < -0.3 is 11.1 Å². The first-order valence-electron chi connectivity index (χ1n) is 7.25. The molecule has 3 aromatic rings. The molecule has 0 saturated carbocycles. The molecule has 0 amide bonds. The molecule has 24 heavy (non-hydrogen) atoms. The van der Waals surface area contributed by atoms with Crippen molar-refractivity contribution in [1.29, 1.82) is 5.26 Å². The lowest BCUT2D eigenvalue weighted by Gasteiger charge is -2.05. The van der Waals surface area contributed by atoms with E-state index in [-0.39, 0.29) is 11.9 Å². The number of hydrogen-bond acceptors (Lipinski definition) is 7. The molecular weight excluding hydrogens is 340 g/mol. The standard InChI is InChI=1S/C16H14N6S2/c1-9(18)6-11-13(19-2)14-15(24-11)16(22-12(7-17)21-14)20-8-10-4-3-5-23-10/h3-5,9H,6,8,18H2,1H3,(H,20,21,22)/t9-/m0/s1. The number of rotatable bonds is 5. The lowest BCUT2D eigenvalue weighted by atomic mass is 10.2. The maximum Gasteiger partial charge on any atom is 0.233 e. The van der Waals surface area contributed by atoms with Crippen molar-refractivity contribution in [3.8, 4) is 6.07 Å². The fourth-order valence-corrected chi connectivity index (χ4v) is 4.24. The van der Waals surface area contributed by atoms with Crippen LogP contribution in [-0.2, 0) is 13.0 Å². The van der Waals surface area contributed by atoms with Crippen molar-refractivity contribution in [3.63, 3.8) is 0 Å². The predicted molar refractivity (Wildman–Crippen MR) is 97.4 cm³/mol. The highest BCUT2D eigenvalue weighted by molar-refractivity contribution is 7.20. The molecule has 3 aromatic heterocycles. The quantitative estimate of drug-likeness (QED) is 0.682. The van der Waals surface area contributed by atoms with Crippen LogP contribution >= 0.6 is 22.7 Å². The molecule has 0 bridgehead atoms. The third-order valence-electron chi connectivity index (χ3n) is 3.31. The summed E-state index contributed by atoms with van der Waals surface area (Å²) < 4.78 is 0.798. The van der Waals surface area contributed by atoms with Gasteiger partial charge in [0.15, 0.2) is 0 Å². The minimum Gasteiger partial charge on any atom is -0.364 e. The van der Waals surface area contributed by atoms with Gasteiger partial charge in [0.25, 0.3) is 0 Å². The summed E-state index contributed by atoms with van der Waals surface area (Å²) in [5, 5.41) is 14.5. The molecule has 0 unspecified atom stereocenters. The van der Waals surface area contributed by atoms with Crippen LogP contribution in [0.1, 0.15) is 22.5 Å². The molecule has 120 valence electrons. The van der Waals surface area contributed by atoms with Gasteiger partial charge in [0.1, 0.15) is 11.9 Å². The van der Waals surface area contributed by atoms with Gasteiger partial charge in [-0.25, -0.2) is 14.8 Å². The number of hydrogen-bond donors (Lipinski definition) is 2. The van der Waals surface area contributed by atoms with E-state index in [1.165, 1.54) is 11.3 Å². The Morgan fingerprint density at radius 1 is 1.50 bits per heavy atom. The Morgan fingerprint density at radius 3 is 2.96 bits per heavy atom.